The van der Waals surface area contributed by atoms with E-state index in [0.717, 1.165) is 18.6 Å². The van der Waals surface area contributed by atoms with E-state index in [1.807, 2.05) is 11.8 Å². The third-order valence-electron chi connectivity index (χ3n) is 8.80. The van der Waals surface area contributed by atoms with E-state index in [0.29, 0.717) is 59.2 Å². The van der Waals surface area contributed by atoms with E-state index >= 15 is 0 Å². The number of carbonyl (C=O) groups is 8. The number of amides is 7. The van der Waals surface area contributed by atoms with Gasteiger partial charge in [0.15, 0.2) is 10.4 Å². The number of urea groups is 1. The minimum Gasteiger partial charge on any atom is -0.356 e. The number of fused-ring (bicyclic) bond motifs is 1. The van der Waals surface area contributed by atoms with Crippen molar-refractivity contribution in [1.29, 1.82) is 0 Å². The zero-order chi connectivity index (χ0) is 40.8. The van der Waals surface area contributed by atoms with Crippen LogP contribution in [0.5, 0.6) is 0 Å². The summed E-state index contributed by atoms with van der Waals surface area (Å²) < 4.78 is 32.0. The van der Waals surface area contributed by atoms with Gasteiger partial charge in [-0.05, 0) is 49.8 Å². The highest BCUT2D eigenvalue weighted by Gasteiger charge is 2.47. The number of imide groups is 1. The number of thioether (sulfide) groups is 2. The van der Waals surface area contributed by atoms with Gasteiger partial charge in [-0.3, -0.25) is 38.1 Å². The fourth-order valence-corrected chi connectivity index (χ4v) is 9.85. The van der Waals surface area contributed by atoms with Crippen molar-refractivity contribution in [2.45, 2.75) is 86.4 Å². The van der Waals surface area contributed by atoms with Crippen LogP contribution in [0.3, 0.4) is 0 Å². The zero-order valence-corrected chi connectivity index (χ0v) is 33.1. The SMILES string of the molecule is [N-]=[N+]=Nc1ccc(C(=O)NC(CCCCNC(=O)CCCC[C@@H]2SC[C@@H]3NC(=O)N[C@@H]32)C(=O)NCCSC(=O)CC(=O)SN2C(=O)CC(S(=O)(=O)O)C2=O)cc1. The van der Waals surface area contributed by atoms with E-state index in [-0.39, 0.29) is 60.3 Å². The molecule has 20 nitrogen and oxygen atoms in total. The molecule has 304 valence electrons. The van der Waals surface area contributed by atoms with Crippen molar-refractivity contribution in [3.63, 3.8) is 0 Å². The topological polar surface area (TPSA) is 303 Å². The quantitative estimate of drug-likeness (QED) is 0.0118. The molecule has 5 atom stereocenters. The summed E-state index contributed by atoms with van der Waals surface area (Å²) in [5.74, 6) is -2.60. The Morgan fingerprint density at radius 2 is 1.77 bits per heavy atom. The number of rotatable bonds is 21. The van der Waals surface area contributed by atoms with Crippen LogP contribution < -0.4 is 26.6 Å². The lowest BCUT2D eigenvalue weighted by Gasteiger charge is -2.19. The predicted octanol–water partition coefficient (Wildman–Crippen LogP) is 1.70. The number of nitrogens with one attached hydrogen (secondary N) is 5. The molecule has 2 unspecified atom stereocenters. The molecule has 1 aromatic carbocycles. The predicted molar refractivity (Wildman–Crippen MR) is 207 cm³/mol. The van der Waals surface area contributed by atoms with Crippen LogP contribution in [0.15, 0.2) is 29.4 Å². The van der Waals surface area contributed by atoms with Crippen LogP contribution in [-0.4, -0.2) is 116 Å². The lowest BCUT2D eigenvalue weighted by atomic mass is 10.0. The van der Waals surface area contributed by atoms with Crippen LogP contribution in [0.1, 0.15) is 68.1 Å². The maximum atomic E-state index is 13.2. The lowest BCUT2D eigenvalue weighted by molar-refractivity contribution is -0.132. The van der Waals surface area contributed by atoms with Gasteiger partial charge < -0.3 is 26.6 Å². The molecule has 0 bridgehead atoms. The van der Waals surface area contributed by atoms with Gasteiger partial charge in [-0.15, -0.1) is 0 Å². The van der Waals surface area contributed by atoms with Gasteiger partial charge in [0.1, 0.15) is 6.04 Å². The highest BCUT2D eigenvalue weighted by atomic mass is 32.2. The first kappa shape index (κ1) is 44.4. The average molecular weight is 856 g/mol. The van der Waals surface area contributed by atoms with E-state index in [9.17, 15) is 46.8 Å². The Kier molecular flexibility index (Phi) is 16.8. The number of carbonyl (C=O) groups excluding carboxylic acids is 8. The second kappa shape index (κ2) is 21.3. The van der Waals surface area contributed by atoms with Gasteiger partial charge in [-0.1, -0.05) is 35.4 Å². The van der Waals surface area contributed by atoms with Gasteiger partial charge in [-0.2, -0.15) is 20.2 Å². The van der Waals surface area contributed by atoms with E-state index in [1.165, 1.54) is 24.3 Å². The van der Waals surface area contributed by atoms with Crippen molar-refractivity contribution in [2.24, 2.45) is 5.11 Å². The number of azide groups is 1. The summed E-state index contributed by atoms with van der Waals surface area (Å²) in [7, 11) is -4.85. The standard InChI is InChI=1S/C32H41N9O11S4/c33-40-39-19-10-8-18(9-11-19)29(46)36-20(5-3-4-12-34-24(42)7-2-1-6-22-28-21(17-54-22)37-32(49)38-28)30(47)35-13-14-53-26(44)16-27(45)55-41-25(43)15-23(31(41)48)56(50,51)52/h8-11,20-23,28H,1-7,12-17H2,(H,34,42)(H,35,47)(H,36,46)(H2,37,38,49)(H,50,51,52)/t20?,21-,22-,23?,28-/m0/s1. The second-order valence-corrected chi connectivity index (χ2v) is 17.9. The second-order valence-electron chi connectivity index (χ2n) is 12.9. The first-order chi connectivity index (χ1) is 26.7. The van der Waals surface area contributed by atoms with Crippen molar-refractivity contribution in [1.82, 2.24) is 30.9 Å². The zero-order valence-electron chi connectivity index (χ0n) is 29.8. The summed E-state index contributed by atoms with van der Waals surface area (Å²) in [6.07, 6.45) is 2.45. The number of nitrogens with zero attached hydrogens (tertiary/aromatic N) is 4. The molecule has 3 fully saturated rings. The first-order valence-corrected chi connectivity index (χ1v) is 21.9. The Morgan fingerprint density at radius 3 is 2.46 bits per heavy atom. The van der Waals surface area contributed by atoms with Crippen LogP contribution in [0.25, 0.3) is 10.4 Å². The highest BCUT2D eigenvalue weighted by Crippen LogP contribution is 2.33. The Hall–Kier alpha value is -4.35. The van der Waals surface area contributed by atoms with Crippen molar-refractivity contribution in [3.8, 4) is 0 Å². The molecule has 0 spiro atoms. The van der Waals surface area contributed by atoms with E-state index in [4.69, 9.17) is 10.1 Å². The van der Waals surface area contributed by atoms with Crippen LogP contribution in [0.2, 0.25) is 0 Å². The fraction of sp³-hybridized carbons (Fsp3) is 0.562. The molecular formula is C32H41N9O11S4. The summed E-state index contributed by atoms with van der Waals surface area (Å²) >= 11 is 2.58. The van der Waals surface area contributed by atoms with Gasteiger partial charge in [0, 0.05) is 64.4 Å². The molecule has 56 heavy (non-hydrogen) atoms. The smallest absolute Gasteiger partial charge is 0.315 e. The van der Waals surface area contributed by atoms with Gasteiger partial charge >= 0.3 is 6.03 Å². The van der Waals surface area contributed by atoms with Gasteiger partial charge in [0.2, 0.25) is 22.8 Å². The van der Waals surface area contributed by atoms with Crippen molar-refractivity contribution in [2.75, 3.05) is 24.6 Å². The Labute approximate surface area is 334 Å². The molecule has 3 aliphatic rings. The molecule has 24 heteroatoms. The minimum atomic E-state index is -4.85. The van der Waals surface area contributed by atoms with Crippen molar-refractivity contribution < 1.29 is 51.3 Å². The largest absolute Gasteiger partial charge is 0.356 e. The fourth-order valence-electron chi connectivity index (χ4n) is 5.98. The Balaban J connectivity index is 1.17. The molecule has 0 radical (unpaired) electrons. The maximum absolute atomic E-state index is 13.2. The molecule has 0 aliphatic carbocycles. The third kappa shape index (κ3) is 13.4. The summed E-state index contributed by atoms with van der Waals surface area (Å²) in [5, 5.41) is 14.3. The normalized spacial score (nSPS) is 20.7. The molecule has 0 saturated carbocycles. The van der Waals surface area contributed by atoms with Crippen LogP contribution in [0.4, 0.5) is 10.5 Å². The number of hydrogen-bond donors (Lipinski definition) is 6. The van der Waals surface area contributed by atoms with Crippen molar-refractivity contribution >= 4 is 97.1 Å². The molecular weight excluding hydrogens is 815 g/mol. The summed E-state index contributed by atoms with van der Waals surface area (Å²) in [6, 6.07) is 4.90. The monoisotopic (exact) mass is 855 g/mol. The van der Waals surface area contributed by atoms with Crippen LogP contribution in [-0.2, 0) is 38.9 Å². The maximum Gasteiger partial charge on any atom is 0.315 e. The summed E-state index contributed by atoms with van der Waals surface area (Å²) in [5.41, 5.74) is 9.11. The van der Waals surface area contributed by atoms with Crippen LogP contribution >= 0.6 is 35.5 Å². The molecule has 3 saturated heterocycles. The van der Waals surface area contributed by atoms with Crippen molar-refractivity contribution in [3.05, 3.63) is 40.3 Å². The molecule has 6 N–H and O–H groups in total. The van der Waals surface area contributed by atoms with Gasteiger partial charge in [-0.25, -0.2) is 9.10 Å². The van der Waals surface area contributed by atoms with Gasteiger partial charge in [0.05, 0.1) is 24.9 Å². The molecule has 3 heterocycles. The number of hydrogen-bond acceptors (Lipinski definition) is 14. The van der Waals surface area contributed by atoms with Crippen LogP contribution in [0, 0.1) is 0 Å². The molecule has 4 rings (SSSR count). The van der Waals surface area contributed by atoms with E-state index < -0.39 is 68.1 Å². The van der Waals surface area contributed by atoms with Gasteiger partial charge in [0.25, 0.3) is 21.9 Å². The van der Waals surface area contributed by atoms with E-state index in [2.05, 4.69) is 36.6 Å². The third-order valence-corrected chi connectivity index (χ3v) is 13.2. The molecule has 0 aromatic heterocycles. The molecule has 7 amide bonds. The average Bonchev–Trinajstić information content (AvgIpc) is 3.79. The lowest BCUT2D eigenvalue weighted by Crippen LogP contribution is -2.47. The number of unbranched alkanes of at least 4 members (excludes halogenated alkanes) is 2. The summed E-state index contributed by atoms with van der Waals surface area (Å²) in [6.45, 7) is 0.323. The Bertz CT molecular complexity index is 1840. The highest BCUT2D eigenvalue weighted by molar-refractivity contribution is 8.15. The first-order valence-electron chi connectivity index (χ1n) is 17.5. The minimum absolute atomic E-state index is 0.0247. The summed E-state index contributed by atoms with van der Waals surface area (Å²) in [4.78, 5) is 102. The molecule has 3 aliphatic heterocycles. The van der Waals surface area contributed by atoms with E-state index in [1.54, 1.807) is 0 Å². The Morgan fingerprint density at radius 1 is 1.02 bits per heavy atom. The number of benzene rings is 1. The molecule has 1 aromatic rings.